The Morgan fingerprint density at radius 3 is 2.00 bits per heavy atom. The van der Waals surface area contributed by atoms with Crippen LogP contribution in [0.2, 0.25) is 0 Å². The lowest BCUT2D eigenvalue weighted by Crippen LogP contribution is -2.18. The van der Waals surface area contributed by atoms with E-state index in [1.54, 1.807) is 0 Å². The van der Waals surface area contributed by atoms with Crippen LogP contribution in [-0.2, 0) is 5.41 Å². The summed E-state index contributed by atoms with van der Waals surface area (Å²) in [6.45, 7) is 4.70. The molecule has 1 aliphatic carbocycles. The monoisotopic (exact) mass is 680 g/mol. The van der Waals surface area contributed by atoms with E-state index in [2.05, 4.69) is 163 Å². The van der Waals surface area contributed by atoms with Gasteiger partial charge in [0.15, 0.2) is 5.84 Å². The number of benzene rings is 6. The second kappa shape index (κ2) is 12.3. The van der Waals surface area contributed by atoms with Crippen molar-refractivity contribution < 1.29 is 0 Å². The van der Waals surface area contributed by atoms with Crippen molar-refractivity contribution in [3.05, 3.63) is 192 Å². The average Bonchev–Trinajstić information content (AvgIpc) is 3.46. The Labute approximate surface area is 309 Å². The van der Waals surface area contributed by atoms with Gasteiger partial charge in [0.2, 0.25) is 0 Å². The fourth-order valence-corrected chi connectivity index (χ4v) is 8.59. The number of rotatable bonds is 5. The van der Waals surface area contributed by atoms with E-state index < -0.39 is 0 Å². The van der Waals surface area contributed by atoms with Gasteiger partial charge in [-0.05, 0) is 80.4 Å². The number of para-hydroxylation sites is 2. The Kier molecular flexibility index (Phi) is 7.26. The molecule has 2 aliphatic rings. The Hall–Kier alpha value is -6.52. The number of pyridine rings is 2. The van der Waals surface area contributed by atoms with Crippen LogP contribution in [0.4, 0.5) is 0 Å². The summed E-state index contributed by atoms with van der Waals surface area (Å²) in [5.41, 5.74) is 16.4. The van der Waals surface area contributed by atoms with Crippen molar-refractivity contribution in [1.82, 2.24) is 9.97 Å². The maximum Gasteiger partial charge on any atom is 0.155 e. The van der Waals surface area contributed by atoms with Crippen molar-refractivity contribution in [3.8, 4) is 33.4 Å². The molecule has 252 valence electrons. The van der Waals surface area contributed by atoms with Gasteiger partial charge in [0.1, 0.15) is 0 Å². The summed E-state index contributed by atoms with van der Waals surface area (Å²) in [4.78, 5) is 19.9. The third-order valence-corrected chi connectivity index (χ3v) is 11.1. The molecular weight excluding hydrogens is 645 g/mol. The summed E-state index contributed by atoms with van der Waals surface area (Å²) in [6.07, 6.45) is 4.46. The van der Waals surface area contributed by atoms with Crippen LogP contribution in [0, 0.1) is 0 Å². The molecule has 4 nitrogen and oxygen atoms in total. The molecule has 0 N–H and O–H groups in total. The number of hydrogen-bond donors (Lipinski definition) is 0. The first-order valence-corrected chi connectivity index (χ1v) is 18.3. The number of aromatic nitrogens is 2. The molecule has 1 unspecified atom stereocenters. The van der Waals surface area contributed by atoms with Gasteiger partial charge < -0.3 is 0 Å². The lowest BCUT2D eigenvalue weighted by atomic mass is 9.78. The van der Waals surface area contributed by atoms with Crippen molar-refractivity contribution in [2.45, 2.75) is 31.7 Å². The Bertz CT molecular complexity index is 2780. The van der Waals surface area contributed by atoms with Crippen LogP contribution in [0.25, 0.3) is 55.2 Å². The van der Waals surface area contributed by atoms with E-state index in [1.807, 2.05) is 24.5 Å². The lowest BCUT2D eigenvalue weighted by Gasteiger charge is -2.24. The van der Waals surface area contributed by atoms with Crippen molar-refractivity contribution in [2.24, 2.45) is 9.98 Å². The number of nitrogens with zero attached hydrogens (tertiary/aromatic N) is 4. The van der Waals surface area contributed by atoms with Crippen LogP contribution >= 0.6 is 0 Å². The fraction of sp³-hybridized carbons (Fsp3) is 0.102. The summed E-state index contributed by atoms with van der Waals surface area (Å²) in [7, 11) is 0. The van der Waals surface area contributed by atoms with Crippen LogP contribution in [0.3, 0.4) is 0 Å². The van der Waals surface area contributed by atoms with Crippen LogP contribution in [-0.4, -0.2) is 21.5 Å². The molecule has 2 aromatic heterocycles. The Balaban J connectivity index is 1.04. The standard InChI is InChI=1S/C49H36N4/c1-49(2)42-18-6-3-13-36(42)41-17-10-16-35(47(41)49)34-12-9-11-33(29-34)31-21-23-32(24-22-31)48-52-45(39-25-27-50-43-19-7-4-14-37(39)43)30-46(53-48)40-26-28-51-44-20-8-5-15-38(40)44/h3-29,45H,30H2,1-2H3. The largest absolute Gasteiger partial charge is 0.258 e. The minimum absolute atomic E-state index is 0.0801. The molecule has 0 spiro atoms. The zero-order valence-electron chi connectivity index (χ0n) is 29.7. The number of amidine groups is 1. The summed E-state index contributed by atoms with van der Waals surface area (Å²) in [6, 6.07) is 54.0. The SMILES string of the molecule is CC1(C)c2ccccc2-c2cccc(-c3cccc(-c4ccc(C5=NC(c6ccnc7ccccc67)CC(c6ccnc7ccccc67)=N5)cc4)c3)c21. The summed E-state index contributed by atoms with van der Waals surface area (Å²) in [5, 5.41) is 2.22. The predicted molar refractivity (Wildman–Crippen MR) is 219 cm³/mol. The van der Waals surface area contributed by atoms with E-state index in [0.29, 0.717) is 6.42 Å². The molecule has 4 heteroatoms. The van der Waals surface area contributed by atoms with Gasteiger partial charge in [0.25, 0.3) is 0 Å². The molecule has 0 radical (unpaired) electrons. The van der Waals surface area contributed by atoms with Gasteiger partial charge in [0, 0.05) is 46.1 Å². The highest BCUT2D eigenvalue weighted by Crippen LogP contribution is 2.52. The molecule has 0 bridgehead atoms. The molecule has 0 amide bonds. The Morgan fingerprint density at radius 2 is 1.15 bits per heavy atom. The Morgan fingerprint density at radius 1 is 0.509 bits per heavy atom. The first-order chi connectivity index (χ1) is 26.0. The normalized spacial score (nSPS) is 15.8. The van der Waals surface area contributed by atoms with Crippen LogP contribution in [0.15, 0.2) is 174 Å². The number of aliphatic imine (C=N–C) groups is 2. The maximum absolute atomic E-state index is 5.33. The second-order valence-electron chi connectivity index (χ2n) is 14.6. The van der Waals surface area contributed by atoms with E-state index in [9.17, 15) is 0 Å². The van der Waals surface area contributed by atoms with Gasteiger partial charge in [-0.25, -0.2) is 4.99 Å². The first-order valence-electron chi connectivity index (χ1n) is 18.3. The van der Waals surface area contributed by atoms with Gasteiger partial charge in [0.05, 0.1) is 22.8 Å². The molecule has 1 aliphatic heterocycles. The summed E-state index contributed by atoms with van der Waals surface area (Å²) >= 11 is 0. The minimum atomic E-state index is -0.114. The van der Waals surface area contributed by atoms with Crippen molar-refractivity contribution in [1.29, 1.82) is 0 Å². The lowest BCUT2D eigenvalue weighted by molar-refractivity contribution is 0.662. The maximum atomic E-state index is 5.33. The van der Waals surface area contributed by atoms with E-state index in [4.69, 9.17) is 9.98 Å². The summed E-state index contributed by atoms with van der Waals surface area (Å²) in [5.74, 6) is 0.736. The highest BCUT2D eigenvalue weighted by Gasteiger charge is 2.37. The van der Waals surface area contributed by atoms with Crippen molar-refractivity contribution >= 4 is 33.4 Å². The molecule has 53 heavy (non-hydrogen) atoms. The van der Waals surface area contributed by atoms with Crippen LogP contribution in [0.5, 0.6) is 0 Å². The van der Waals surface area contributed by atoms with E-state index in [1.165, 1.54) is 38.9 Å². The molecule has 8 aromatic rings. The molecular formula is C49H36N4. The highest BCUT2D eigenvalue weighted by molar-refractivity contribution is 6.18. The third-order valence-electron chi connectivity index (χ3n) is 11.1. The minimum Gasteiger partial charge on any atom is -0.258 e. The van der Waals surface area contributed by atoms with Crippen molar-refractivity contribution in [3.63, 3.8) is 0 Å². The summed E-state index contributed by atoms with van der Waals surface area (Å²) < 4.78 is 0. The van der Waals surface area contributed by atoms with Gasteiger partial charge in [-0.1, -0.05) is 135 Å². The van der Waals surface area contributed by atoms with Crippen LogP contribution in [0.1, 0.15) is 54.1 Å². The van der Waals surface area contributed by atoms with E-state index >= 15 is 0 Å². The molecule has 0 fully saturated rings. The fourth-order valence-electron chi connectivity index (χ4n) is 8.59. The van der Waals surface area contributed by atoms with Gasteiger partial charge in [-0.2, -0.15) is 0 Å². The van der Waals surface area contributed by atoms with E-state index in [-0.39, 0.29) is 11.5 Å². The smallest absolute Gasteiger partial charge is 0.155 e. The molecule has 3 heterocycles. The van der Waals surface area contributed by atoms with Crippen LogP contribution < -0.4 is 0 Å². The number of fused-ring (bicyclic) bond motifs is 5. The third kappa shape index (κ3) is 5.21. The zero-order valence-corrected chi connectivity index (χ0v) is 29.7. The first kappa shape index (κ1) is 31.2. The van der Waals surface area contributed by atoms with Gasteiger partial charge in [-0.15, -0.1) is 0 Å². The number of hydrogen-bond acceptors (Lipinski definition) is 4. The highest BCUT2D eigenvalue weighted by atomic mass is 15.0. The molecule has 0 saturated carbocycles. The topological polar surface area (TPSA) is 50.5 Å². The van der Waals surface area contributed by atoms with Gasteiger partial charge >= 0.3 is 0 Å². The van der Waals surface area contributed by atoms with Gasteiger partial charge in [-0.3, -0.25) is 15.0 Å². The molecule has 1 atom stereocenters. The zero-order chi connectivity index (χ0) is 35.5. The molecule has 0 saturated heterocycles. The quantitative estimate of drug-likeness (QED) is 0.182. The second-order valence-corrected chi connectivity index (χ2v) is 14.6. The average molecular weight is 681 g/mol. The molecule has 6 aromatic carbocycles. The predicted octanol–water partition coefficient (Wildman–Crippen LogP) is 11.8. The van der Waals surface area contributed by atoms with Crippen molar-refractivity contribution in [2.75, 3.05) is 0 Å². The molecule has 10 rings (SSSR count). The van der Waals surface area contributed by atoms with E-state index in [0.717, 1.165) is 55.6 Å².